The van der Waals surface area contributed by atoms with Gasteiger partial charge in [-0.25, -0.2) is 4.98 Å². The molecule has 0 aromatic carbocycles. The number of aliphatic imine (C=N–C) groups is 1. The zero-order valence-corrected chi connectivity index (χ0v) is 18.0. The standard InChI is InChI=1S/C19H33N5S2/c1-15(2)16-13-26-17(23-16)12-21-18(20-3)22-14-19(6-4-5-7-19)24-8-10-25-11-9-24/h13,15H,4-12,14H2,1-3H3,(H2,20,21,22). The van der Waals surface area contributed by atoms with Gasteiger partial charge in [-0.15, -0.1) is 11.3 Å². The van der Waals surface area contributed by atoms with Gasteiger partial charge in [-0.3, -0.25) is 9.89 Å². The van der Waals surface area contributed by atoms with Crippen molar-refractivity contribution in [3.8, 4) is 0 Å². The van der Waals surface area contributed by atoms with Crippen LogP contribution in [0.4, 0.5) is 0 Å². The van der Waals surface area contributed by atoms with Gasteiger partial charge in [-0.05, 0) is 18.8 Å². The monoisotopic (exact) mass is 395 g/mol. The normalized spacial score (nSPS) is 21.3. The molecule has 3 rings (SSSR count). The van der Waals surface area contributed by atoms with Crippen molar-refractivity contribution in [3.63, 3.8) is 0 Å². The van der Waals surface area contributed by atoms with Crippen LogP contribution in [-0.4, -0.2) is 59.6 Å². The van der Waals surface area contributed by atoms with E-state index < -0.39 is 0 Å². The summed E-state index contributed by atoms with van der Waals surface area (Å²) in [5.41, 5.74) is 1.51. The largest absolute Gasteiger partial charge is 0.355 e. The lowest BCUT2D eigenvalue weighted by atomic mass is 9.94. The summed E-state index contributed by atoms with van der Waals surface area (Å²) in [4.78, 5) is 11.9. The highest BCUT2D eigenvalue weighted by molar-refractivity contribution is 7.99. The second kappa shape index (κ2) is 9.42. The van der Waals surface area contributed by atoms with Gasteiger partial charge in [0.25, 0.3) is 0 Å². The maximum Gasteiger partial charge on any atom is 0.191 e. The van der Waals surface area contributed by atoms with Gasteiger partial charge in [0.1, 0.15) is 5.01 Å². The summed E-state index contributed by atoms with van der Waals surface area (Å²) in [6.07, 6.45) is 5.33. The van der Waals surface area contributed by atoms with Crippen LogP contribution in [0.25, 0.3) is 0 Å². The SMILES string of the molecule is CN=C(NCc1nc(C(C)C)cs1)NCC1(N2CCSCC2)CCCC1. The third kappa shape index (κ3) is 4.93. The Labute approximate surface area is 166 Å². The fourth-order valence-corrected chi connectivity index (χ4v) is 5.77. The summed E-state index contributed by atoms with van der Waals surface area (Å²) in [5.74, 6) is 3.93. The molecule has 0 bridgehead atoms. The van der Waals surface area contributed by atoms with Crippen LogP contribution in [0.3, 0.4) is 0 Å². The van der Waals surface area contributed by atoms with E-state index in [0.717, 1.165) is 24.1 Å². The highest BCUT2D eigenvalue weighted by Crippen LogP contribution is 2.36. The number of hydrogen-bond acceptors (Lipinski definition) is 5. The quantitative estimate of drug-likeness (QED) is 0.572. The van der Waals surface area contributed by atoms with E-state index in [1.165, 1.54) is 56.0 Å². The third-order valence-electron chi connectivity index (χ3n) is 5.59. The maximum atomic E-state index is 4.70. The fraction of sp³-hybridized carbons (Fsp3) is 0.789. The number of guanidine groups is 1. The summed E-state index contributed by atoms with van der Waals surface area (Å²) < 4.78 is 0. The molecule has 7 heteroatoms. The summed E-state index contributed by atoms with van der Waals surface area (Å²) in [6, 6.07) is 0. The summed E-state index contributed by atoms with van der Waals surface area (Å²) >= 11 is 3.82. The summed E-state index contributed by atoms with van der Waals surface area (Å²) in [6.45, 7) is 8.57. The van der Waals surface area contributed by atoms with Gasteiger partial charge in [0.05, 0.1) is 12.2 Å². The Bertz CT molecular complexity index is 587. The van der Waals surface area contributed by atoms with Gasteiger partial charge in [-0.2, -0.15) is 11.8 Å². The first-order valence-corrected chi connectivity index (χ1v) is 11.9. The average molecular weight is 396 g/mol. The first-order chi connectivity index (χ1) is 12.6. The molecular weight excluding hydrogens is 362 g/mol. The molecule has 1 saturated heterocycles. The van der Waals surface area contributed by atoms with Gasteiger partial charge in [0.2, 0.25) is 0 Å². The summed E-state index contributed by atoms with van der Waals surface area (Å²) in [5, 5.41) is 10.4. The zero-order valence-electron chi connectivity index (χ0n) is 16.4. The van der Waals surface area contributed by atoms with E-state index in [4.69, 9.17) is 4.98 Å². The highest BCUT2D eigenvalue weighted by atomic mass is 32.2. The predicted octanol–water partition coefficient (Wildman–Crippen LogP) is 3.29. The van der Waals surface area contributed by atoms with Gasteiger partial charge < -0.3 is 10.6 Å². The van der Waals surface area contributed by atoms with Crippen molar-refractivity contribution in [1.29, 1.82) is 0 Å². The second-order valence-electron chi connectivity index (χ2n) is 7.63. The predicted molar refractivity (Wildman–Crippen MR) is 115 cm³/mol. The van der Waals surface area contributed by atoms with E-state index in [1.807, 2.05) is 7.05 Å². The van der Waals surface area contributed by atoms with Crippen LogP contribution in [0.2, 0.25) is 0 Å². The molecule has 2 N–H and O–H groups in total. The molecule has 2 aliphatic rings. The van der Waals surface area contributed by atoms with Crippen molar-refractivity contribution in [3.05, 3.63) is 16.1 Å². The topological polar surface area (TPSA) is 52.6 Å². The molecule has 2 heterocycles. The van der Waals surface area contributed by atoms with Crippen molar-refractivity contribution in [1.82, 2.24) is 20.5 Å². The number of nitrogens with zero attached hydrogens (tertiary/aromatic N) is 3. The molecule has 2 fully saturated rings. The Kier molecular flexibility index (Phi) is 7.23. The molecule has 1 aliphatic heterocycles. The van der Waals surface area contributed by atoms with Crippen molar-refractivity contribution >= 4 is 29.1 Å². The lowest BCUT2D eigenvalue weighted by Crippen LogP contribution is -2.57. The minimum Gasteiger partial charge on any atom is -0.355 e. The van der Waals surface area contributed by atoms with E-state index in [9.17, 15) is 0 Å². The number of aromatic nitrogens is 1. The fourth-order valence-electron chi connectivity index (χ4n) is 3.98. The van der Waals surface area contributed by atoms with Gasteiger partial charge >= 0.3 is 0 Å². The van der Waals surface area contributed by atoms with E-state index in [-0.39, 0.29) is 0 Å². The van der Waals surface area contributed by atoms with Crippen LogP contribution in [-0.2, 0) is 6.54 Å². The van der Waals surface area contributed by atoms with E-state index in [2.05, 4.69) is 51.5 Å². The molecule has 5 nitrogen and oxygen atoms in total. The zero-order chi connectivity index (χ0) is 18.4. The van der Waals surface area contributed by atoms with Gasteiger partial charge in [0, 0.05) is 49.1 Å². The minimum atomic E-state index is 0.324. The smallest absolute Gasteiger partial charge is 0.191 e. The highest BCUT2D eigenvalue weighted by Gasteiger charge is 2.39. The molecule has 0 radical (unpaired) electrons. The molecule has 26 heavy (non-hydrogen) atoms. The van der Waals surface area contributed by atoms with Crippen LogP contribution in [0.5, 0.6) is 0 Å². The molecule has 1 saturated carbocycles. The first-order valence-electron chi connectivity index (χ1n) is 9.84. The lowest BCUT2D eigenvalue weighted by Gasteiger charge is -2.43. The Balaban J connectivity index is 1.53. The number of thiazole rings is 1. The maximum absolute atomic E-state index is 4.70. The van der Waals surface area contributed by atoms with Gasteiger partial charge in [-0.1, -0.05) is 26.7 Å². The van der Waals surface area contributed by atoms with Crippen molar-refractivity contribution in [2.75, 3.05) is 38.2 Å². The number of hydrogen-bond donors (Lipinski definition) is 2. The molecule has 146 valence electrons. The summed E-state index contributed by atoms with van der Waals surface area (Å²) in [7, 11) is 1.86. The Morgan fingerprint density at radius 2 is 2.00 bits per heavy atom. The molecular formula is C19H33N5S2. The molecule has 0 unspecified atom stereocenters. The van der Waals surface area contributed by atoms with Crippen molar-refractivity contribution < 1.29 is 0 Å². The molecule has 0 amide bonds. The molecule has 0 atom stereocenters. The Morgan fingerprint density at radius 1 is 1.27 bits per heavy atom. The van der Waals surface area contributed by atoms with E-state index in [1.54, 1.807) is 11.3 Å². The molecule has 1 aromatic heterocycles. The third-order valence-corrected chi connectivity index (χ3v) is 7.40. The van der Waals surface area contributed by atoms with E-state index >= 15 is 0 Å². The minimum absolute atomic E-state index is 0.324. The van der Waals surface area contributed by atoms with Gasteiger partial charge in [0.15, 0.2) is 5.96 Å². The van der Waals surface area contributed by atoms with Crippen molar-refractivity contribution in [2.24, 2.45) is 4.99 Å². The number of thioether (sulfide) groups is 1. The van der Waals surface area contributed by atoms with Crippen LogP contribution in [0.15, 0.2) is 10.4 Å². The first kappa shape index (κ1) is 20.0. The van der Waals surface area contributed by atoms with Crippen molar-refractivity contribution in [2.45, 2.75) is 57.5 Å². The Morgan fingerprint density at radius 3 is 2.62 bits per heavy atom. The number of nitrogens with one attached hydrogen (secondary N) is 2. The van der Waals surface area contributed by atoms with E-state index in [0.29, 0.717) is 11.5 Å². The van der Waals surface area contributed by atoms with Crippen LogP contribution >= 0.6 is 23.1 Å². The lowest BCUT2D eigenvalue weighted by molar-refractivity contribution is 0.107. The molecule has 1 aliphatic carbocycles. The number of rotatable bonds is 6. The van der Waals surface area contributed by atoms with Crippen LogP contribution < -0.4 is 10.6 Å². The second-order valence-corrected chi connectivity index (χ2v) is 9.80. The molecule has 1 aromatic rings. The average Bonchev–Trinajstić information content (AvgIpc) is 3.33. The molecule has 0 spiro atoms. The Hall–Kier alpha value is -0.790. The van der Waals surface area contributed by atoms with Crippen LogP contribution in [0, 0.1) is 0 Å². The van der Waals surface area contributed by atoms with Crippen LogP contribution in [0.1, 0.15) is 56.2 Å².